The third-order valence-electron chi connectivity index (χ3n) is 9.19. The van der Waals surface area contributed by atoms with Crippen molar-refractivity contribution in [2.24, 2.45) is 11.1 Å². The summed E-state index contributed by atoms with van der Waals surface area (Å²) < 4.78 is 19.3. The van der Waals surface area contributed by atoms with Gasteiger partial charge in [-0.2, -0.15) is 0 Å². The van der Waals surface area contributed by atoms with E-state index >= 15 is 0 Å². The topological polar surface area (TPSA) is 148 Å². The Balaban J connectivity index is 1.30. The third kappa shape index (κ3) is 13.9. The lowest BCUT2D eigenvalue weighted by Crippen LogP contribution is -2.49. The molecule has 52 heavy (non-hydrogen) atoms. The zero-order valence-electron chi connectivity index (χ0n) is 30.3. The number of methoxy groups -OCH3 is 1. The Labute approximate surface area is 341 Å². The van der Waals surface area contributed by atoms with E-state index in [0.717, 1.165) is 25.2 Å². The van der Waals surface area contributed by atoms with Crippen LogP contribution >= 0.6 is 63.7 Å². The van der Waals surface area contributed by atoms with Gasteiger partial charge in [0.1, 0.15) is 17.8 Å². The molecule has 0 saturated heterocycles. The van der Waals surface area contributed by atoms with Crippen molar-refractivity contribution in [1.29, 1.82) is 0 Å². The van der Waals surface area contributed by atoms with Crippen LogP contribution in [0.25, 0.3) is 0 Å². The molecule has 0 radical (unpaired) electrons. The number of carbonyl (C=O) groups is 2. The highest BCUT2D eigenvalue weighted by molar-refractivity contribution is 9.12. The largest absolute Gasteiger partial charge is 0.495 e. The first-order chi connectivity index (χ1) is 24.9. The van der Waals surface area contributed by atoms with E-state index in [1.54, 1.807) is 12.1 Å². The minimum absolute atomic E-state index is 0.0461. The van der Waals surface area contributed by atoms with Crippen molar-refractivity contribution in [3.05, 3.63) is 47.6 Å². The minimum atomic E-state index is -1.62. The van der Waals surface area contributed by atoms with E-state index in [1.807, 2.05) is 0 Å². The summed E-state index contributed by atoms with van der Waals surface area (Å²) in [6.45, 7) is 5.22. The predicted molar refractivity (Wildman–Crippen MR) is 216 cm³/mol. The van der Waals surface area contributed by atoms with Crippen LogP contribution in [0.1, 0.15) is 115 Å². The van der Waals surface area contributed by atoms with Crippen molar-refractivity contribution >= 4 is 81.2 Å². The summed E-state index contributed by atoms with van der Waals surface area (Å²) in [5.74, 6) is -0.412. The van der Waals surface area contributed by atoms with Gasteiger partial charge < -0.3 is 39.9 Å². The summed E-state index contributed by atoms with van der Waals surface area (Å²) in [6, 6.07) is 3.51. The van der Waals surface area contributed by atoms with Crippen molar-refractivity contribution in [3.63, 3.8) is 0 Å². The average molecular weight is 987 g/mol. The second-order valence-electron chi connectivity index (χ2n) is 13.3. The number of carbonyl (C=O) groups excluding carboxylic acids is 2. The van der Waals surface area contributed by atoms with Gasteiger partial charge >= 0.3 is 5.79 Å². The molecule has 1 aromatic rings. The lowest BCUT2D eigenvalue weighted by atomic mass is 9.99. The molecule has 0 bridgehead atoms. The van der Waals surface area contributed by atoms with E-state index in [1.165, 1.54) is 64.7 Å². The molecule has 11 nitrogen and oxygen atoms in total. The number of hydrogen-bond donors (Lipinski definition) is 4. The highest BCUT2D eigenvalue weighted by Crippen LogP contribution is 2.41. The Morgan fingerprint density at radius 3 is 2.27 bits per heavy atom. The van der Waals surface area contributed by atoms with Crippen molar-refractivity contribution in [2.75, 3.05) is 26.8 Å². The number of aliphatic hydroxyl groups is 2. The van der Waals surface area contributed by atoms with E-state index in [0.29, 0.717) is 47.8 Å². The van der Waals surface area contributed by atoms with E-state index < -0.39 is 23.9 Å². The normalized spacial score (nSPS) is 19.6. The Hall–Kier alpha value is -1.65. The SMILES string of the molecule is CCC(C)CCCCCCCCCCCC(=O)NCC(O)c1cc(Br)c(OCCCNC(=O)C2=NOC3(CC(Br)=C(OC)C(Br)=CO3)C2O)c(Br)c1. The smallest absolute Gasteiger partial charge is 0.311 e. The molecule has 2 aliphatic rings. The lowest BCUT2D eigenvalue weighted by molar-refractivity contribution is -0.225. The number of ether oxygens (including phenoxy) is 3. The van der Waals surface area contributed by atoms with Crippen LogP contribution < -0.4 is 15.4 Å². The molecule has 4 unspecified atom stereocenters. The molecule has 0 saturated carbocycles. The Bertz CT molecular complexity index is 1400. The maximum atomic E-state index is 12.8. The summed E-state index contributed by atoms with van der Waals surface area (Å²) in [6.07, 6.45) is 13.5. The first-order valence-electron chi connectivity index (χ1n) is 18.2. The number of rotatable bonds is 23. The van der Waals surface area contributed by atoms with Gasteiger partial charge in [-0.25, -0.2) is 0 Å². The molecule has 4 atom stereocenters. The molecular formula is C37H53Br4N3O8. The second kappa shape index (κ2) is 23.3. The molecule has 1 spiro atoms. The highest BCUT2D eigenvalue weighted by Gasteiger charge is 2.54. The maximum Gasteiger partial charge on any atom is 0.311 e. The third-order valence-corrected chi connectivity index (χ3v) is 11.6. The molecule has 292 valence electrons. The second-order valence-corrected chi connectivity index (χ2v) is 16.8. The lowest BCUT2D eigenvalue weighted by Gasteiger charge is -2.27. The number of hydrogen-bond acceptors (Lipinski definition) is 9. The molecule has 3 rings (SSSR count). The van der Waals surface area contributed by atoms with Crippen LogP contribution in [0.5, 0.6) is 5.75 Å². The fourth-order valence-electron chi connectivity index (χ4n) is 5.78. The minimum Gasteiger partial charge on any atom is -0.495 e. The van der Waals surface area contributed by atoms with Gasteiger partial charge in [0, 0.05) is 24.0 Å². The maximum absolute atomic E-state index is 12.8. The van der Waals surface area contributed by atoms with Gasteiger partial charge in [0.2, 0.25) is 5.91 Å². The number of nitrogens with one attached hydrogen (secondary N) is 2. The number of halogens is 4. The predicted octanol–water partition coefficient (Wildman–Crippen LogP) is 8.94. The Kier molecular flexibility index (Phi) is 20.1. The van der Waals surface area contributed by atoms with E-state index in [-0.39, 0.29) is 37.7 Å². The van der Waals surface area contributed by atoms with Crippen LogP contribution in [0.15, 0.2) is 47.2 Å². The van der Waals surface area contributed by atoms with Gasteiger partial charge in [-0.15, -0.1) is 0 Å². The van der Waals surface area contributed by atoms with Crippen molar-refractivity contribution in [2.45, 2.75) is 122 Å². The van der Waals surface area contributed by atoms with Gasteiger partial charge in [-0.3, -0.25) is 9.59 Å². The first-order valence-corrected chi connectivity index (χ1v) is 21.3. The average Bonchev–Trinajstić information content (AvgIpc) is 3.37. The zero-order valence-corrected chi connectivity index (χ0v) is 36.6. The Morgan fingerprint density at radius 2 is 1.63 bits per heavy atom. The molecule has 4 N–H and O–H groups in total. The van der Waals surface area contributed by atoms with Crippen LogP contribution in [-0.4, -0.2) is 66.4 Å². The summed E-state index contributed by atoms with van der Waals surface area (Å²) in [5.41, 5.74) is 0.414. The number of allylic oxidation sites excluding steroid dienone is 1. The van der Waals surface area contributed by atoms with E-state index in [2.05, 4.69) is 93.4 Å². The van der Waals surface area contributed by atoms with E-state index in [4.69, 9.17) is 19.0 Å². The van der Waals surface area contributed by atoms with Crippen LogP contribution in [0.3, 0.4) is 0 Å². The first kappa shape index (κ1) is 44.7. The van der Waals surface area contributed by atoms with Crippen molar-refractivity contribution in [1.82, 2.24) is 10.6 Å². The Morgan fingerprint density at radius 1 is 1.00 bits per heavy atom. The highest BCUT2D eigenvalue weighted by atomic mass is 79.9. The number of unbranched alkanes of at least 4 members (excludes halogenated alkanes) is 8. The standard InChI is InChI=1S/C37H53Br4N3O8/c1-4-24(2)15-12-10-8-6-5-7-9-11-13-16-31(46)43-22-30(45)25-19-26(38)34(27(39)20-25)50-18-14-17-42-36(48)32-35(47)37(52-44-32)21-28(40)33(49-3)29(41)23-51-37/h19-20,23-24,30,35,45,47H,4-18,21-22H2,1-3H3,(H,42,48)(H,43,46). The van der Waals surface area contributed by atoms with Crippen LogP contribution in [0.2, 0.25) is 0 Å². The van der Waals surface area contributed by atoms with E-state index in [9.17, 15) is 19.8 Å². The molecule has 0 aromatic heterocycles. The quantitative estimate of drug-likeness (QED) is 0.0796. The summed E-state index contributed by atoms with van der Waals surface area (Å²) in [7, 11) is 1.50. The van der Waals surface area contributed by atoms with Crippen LogP contribution in [0.4, 0.5) is 0 Å². The van der Waals surface area contributed by atoms with Gasteiger partial charge in [-0.1, -0.05) is 99.1 Å². The molecule has 15 heteroatoms. The monoisotopic (exact) mass is 983 g/mol. The molecule has 2 amide bonds. The van der Waals surface area contributed by atoms with Crippen molar-refractivity contribution < 1.29 is 38.9 Å². The number of oxime groups is 1. The number of amides is 2. The van der Waals surface area contributed by atoms with Gasteiger partial charge in [0.25, 0.3) is 5.91 Å². The number of aliphatic hydroxyl groups excluding tert-OH is 2. The molecule has 1 aromatic carbocycles. The molecule has 2 heterocycles. The molecule has 2 aliphatic heterocycles. The fourth-order valence-corrected chi connectivity index (χ4v) is 8.76. The van der Waals surface area contributed by atoms with Crippen LogP contribution in [0, 0.1) is 5.92 Å². The number of benzene rings is 1. The summed E-state index contributed by atoms with van der Waals surface area (Å²) in [4.78, 5) is 30.6. The van der Waals surface area contributed by atoms with Crippen molar-refractivity contribution in [3.8, 4) is 5.75 Å². The molecule has 0 aliphatic carbocycles. The fraction of sp³-hybridized carbons (Fsp3) is 0.649. The number of nitrogens with zero attached hydrogens (tertiary/aromatic N) is 1. The van der Waals surface area contributed by atoms with Gasteiger partial charge in [0.15, 0.2) is 11.8 Å². The summed E-state index contributed by atoms with van der Waals surface area (Å²) >= 11 is 13.8. The summed E-state index contributed by atoms with van der Waals surface area (Å²) in [5, 5.41) is 31.0. The zero-order chi connectivity index (χ0) is 38.1. The van der Waals surface area contributed by atoms with Gasteiger partial charge in [0.05, 0.1) is 39.7 Å². The van der Waals surface area contributed by atoms with Crippen LogP contribution in [-0.2, 0) is 23.9 Å². The molecular weight excluding hydrogens is 934 g/mol. The molecule has 0 fully saturated rings. The van der Waals surface area contributed by atoms with Gasteiger partial charge in [-0.05, 0) is 84.2 Å².